The molecule has 0 bridgehead atoms. The molecule has 23 heavy (non-hydrogen) atoms. The van der Waals surface area contributed by atoms with E-state index in [0.29, 0.717) is 6.54 Å². The van der Waals surface area contributed by atoms with Crippen molar-refractivity contribution < 1.29 is 4.52 Å². The number of guanidine groups is 1. The SMILES string of the molecule is CCNC(=NCc1cc(CC)no1)N(C)Cc1ccccc1Br. The summed E-state index contributed by atoms with van der Waals surface area (Å²) in [6, 6.07) is 10.2. The molecule has 2 aromatic rings. The zero-order valence-electron chi connectivity index (χ0n) is 13.8. The van der Waals surface area contributed by atoms with Gasteiger partial charge < -0.3 is 14.7 Å². The molecule has 0 saturated carbocycles. The van der Waals surface area contributed by atoms with Crippen molar-refractivity contribution >= 4 is 21.9 Å². The normalized spacial score (nSPS) is 11.6. The number of nitrogens with zero attached hydrogens (tertiary/aromatic N) is 3. The van der Waals surface area contributed by atoms with Crippen LogP contribution in [0.3, 0.4) is 0 Å². The van der Waals surface area contributed by atoms with Crippen LogP contribution in [0.15, 0.2) is 44.3 Å². The maximum atomic E-state index is 5.29. The number of rotatable bonds is 6. The molecule has 1 heterocycles. The van der Waals surface area contributed by atoms with Crippen LogP contribution in [0.1, 0.15) is 30.9 Å². The van der Waals surface area contributed by atoms with Crippen molar-refractivity contribution in [3.8, 4) is 0 Å². The molecule has 0 radical (unpaired) electrons. The van der Waals surface area contributed by atoms with Gasteiger partial charge in [-0.3, -0.25) is 0 Å². The average Bonchev–Trinajstić information content (AvgIpc) is 3.01. The van der Waals surface area contributed by atoms with E-state index in [1.54, 1.807) is 0 Å². The lowest BCUT2D eigenvalue weighted by atomic mass is 10.2. The number of aliphatic imine (C=N–C) groups is 1. The summed E-state index contributed by atoms with van der Waals surface area (Å²) < 4.78 is 6.39. The van der Waals surface area contributed by atoms with E-state index in [1.165, 1.54) is 5.56 Å². The summed E-state index contributed by atoms with van der Waals surface area (Å²) in [5.41, 5.74) is 2.18. The van der Waals surface area contributed by atoms with Crippen LogP contribution < -0.4 is 5.32 Å². The first-order chi connectivity index (χ1) is 11.1. The second kappa shape index (κ2) is 8.72. The maximum absolute atomic E-state index is 5.29. The molecule has 0 amide bonds. The van der Waals surface area contributed by atoms with Gasteiger partial charge in [-0.2, -0.15) is 0 Å². The molecule has 0 unspecified atom stereocenters. The highest BCUT2D eigenvalue weighted by Crippen LogP contribution is 2.17. The molecular weight excluding hydrogens is 356 g/mol. The highest BCUT2D eigenvalue weighted by atomic mass is 79.9. The van der Waals surface area contributed by atoms with Crippen molar-refractivity contribution in [2.24, 2.45) is 4.99 Å². The Hall–Kier alpha value is -1.82. The number of halogens is 1. The van der Waals surface area contributed by atoms with Crippen molar-refractivity contribution in [3.05, 3.63) is 51.8 Å². The second-order valence-electron chi connectivity index (χ2n) is 5.26. The zero-order chi connectivity index (χ0) is 16.7. The van der Waals surface area contributed by atoms with Crippen LogP contribution in [-0.4, -0.2) is 29.6 Å². The van der Waals surface area contributed by atoms with E-state index in [-0.39, 0.29) is 0 Å². The van der Waals surface area contributed by atoms with Crippen molar-refractivity contribution in [1.29, 1.82) is 0 Å². The predicted molar refractivity (Wildman–Crippen MR) is 96.3 cm³/mol. The Morgan fingerprint density at radius 1 is 1.35 bits per heavy atom. The summed E-state index contributed by atoms with van der Waals surface area (Å²) in [6.45, 7) is 6.18. The number of benzene rings is 1. The lowest BCUT2D eigenvalue weighted by molar-refractivity contribution is 0.378. The van der Waals surface area contributed by atoms with Crippen LogP contribution in [0.5, 0.6) is 0 Å². The molecule has 0 atom stereocenters. The Morgan fingerprint density at radius 2 is 2.13 bits per heavy atom. The van der Waals surface area contributed by atoms with Gasteiger partial charge in [0.15, 0.2) is 11.7 Å². The van der Waals surface area contributed by atoms with Gasteiger partial charge >= 0.3 is 0 Å². The van der Waals surface area contributed by atoms with Gasteiger partial charge in [-0.05, 0) is 25.0 Å². The van der Waals surface area contributed by atoms with E-state index in [2.05, 4.69) is 56.2 Å². The fourth-order valence-electron chi connectivity index (χ4n) is 2.18. The first-order valence-corrected chi connectivity index (χ1v) is 8.60. The monoisotopic (exact) mass is 378 g/mol. The standard InChI is InChI=1S/C17H23BrN4O/c1-4-14-10-15(23-21-14)11-20-17(19-5-2)22(3)12-13-8-6-7-9-16(13)18/h6-10H,4-5,11-12H2,1-3H3,(H,19,20). The molecule has 2 rings (SSSR count). The molecule has 0 aliphatic carbocycles. The smallest absolute Gasteiger partial charge is 0.194 e. The van der Waals surface area contributed by atoms with Gasteiger partial charge in [-0.25, -0.2) is 4.99 Å². The van der Waals surface area contributed by atoms with E-state index >= 15 is 0 Å². The van der Waals surface area contributed by atoms with Crippen LogP contribution in [0.25, 0.3) is 0 Å². The Balaban J connectivity index is 2.06. The van der Waals surface area contributed by atoms with E-state index in [9.17, 15) is 0 Å². The summed E-state index contributed by atoms with van der Waals surface area (Å²) in [4.78, 5) is 6.74. The van der Waals surface area contributed by atoms with Crippen LogP contribution in [0.4, 0.5) is 0 Å². The molecule has 124 valence electrons. The predicted octanol–water partition coefficient (Wildman–Crippen LogP) is 3.60. The summed E-state index contributed by atoms with van der Waals surface area (Å²) in [6.07, 6.45) is 0.870. The minimum absolute atomic E-state index is 0.482. The molecule has 0 aliphatic heterocycles. The number of aromatic nitrogens is 1. The van der Waals surface area contributed by atoms with Crippen molar-refractivity contribution in [2.75, 3.05) is 13.6 Å². The van der Waals surface area contributed by atoms with Crippen LogP contribution >= 0.6 is 15.9 Å². The van der Waals surface area contributed by atoms with Gasteiger partial charge in [0.05, 0.1) is 5.69 Å². The quantitative estimate of drug-likeness (QED) is 0.616. The molecule has 1 aromatic carbocycles. The lowest BCUT2D eigenvalue weighted by Gasteiger charge is -2.22. The minimum Gasteiger partial charge on any atom is -0.359 e. The van der Waals surface area contributed by atoms with E-state index < -0.39 is 0 Å². The third-order valence-electron chi connectivity index (χ3n) is 3.42. The van der Waals surface area contributed by atoms with E-state index in [4.69, 9.17) is 4.52 Å². The molecule has 0 aliphatic rings. The molecule has 1 aromatic heterocycles. The Kier molecular flexibility index (Phi) is 6.65. The van der Waals surface area contributed by atoms with E-state index in [0.717, 1.165) is 41.4 Å². The Labute approximate surface area is 145 Å². The first-order valence-electron chi connectivity index (χ1n) is 7.81. The number of aryl methyl sites for hydroxylation is 1. The summed E-state index contributed by atoms with van der Waals surface area (Å²) in [5, 5.41) is 7.31. The summed E-state index contributed by atoms with van der Waals surface area (Å²) in [5.74, 6) is 1.63. The van der Waals surface area contributed by atoms with Gasteiger partial charge in [0, 0.05) is 30.7 Å². The molecule has 0 spiro atoms. The van der Waals surface area contributed by atoms with Gasteiger partial charge in [0.25, 0.3) is 0 Å². The van der Waals surface area contributed by atoms with Gasteiger partial charge in [-0.1, -0.05) is 46.2 Å². The zero-order valence-corrected chi connectivity index (χ0v) is 15.4. The van der Waals surface area contributed by atoms with E-state index in [1.807, 2.05) is 31.3 Å². The summed E-state index contributed by atoms with van der Waals surface area (Å²) in [7, 11) is 2.03. The fourth-order valence-corrected chi connectivity index (χ4v) is 2.59. The average molecular weight is 379 g/mol. The third kappa shape index (κ3) is 5.10. The van der Waals surface area contributed by atoms with Crippen molar-refractivity contribution in [3.63, 3.8) is 0 Å². The summed E-state index contributed by atoms with van der Waals surface area (Å²) >= 11 is 3.59. The minimum atomic E-state index is 0.482. The second-order valence-corrected chi connectivity index (χ2v) is 6.11. The van der Waals surface area contributed by atoms with Crippen LogP contribution in [0, 0.1) is 0 Å². The highest BCUT2D eigenvalue weighted by molar-refractivity contribution is 9.10. The molecular formula is C17H23BrN4O. The first kappa shape index (κ1) is 17.5. The van der Waals surface area contributed by atoms with Gasteiger partial charge in [0.2, 0.25) is 0 Å². The molecule has 5 nitrogen and oxygen atoms in total. The van der Waals surface area contributed by atoms with Gasteiger partial charge in [0.1, 0.15) is 6.54 Å². The van der Waals surface area contributed by atoms with Crippen molar-refractivity contribution in [2.45, 2.75) is 33.4 Å². The number of hydrogen-bond donors (Lipinski definition) is 1. The maximum Gasteiger partial charge on any atom is 0.194 e. The Morgan fingerprint density at radius 3 is 2.78 bits per heavy atom. The Bertz CT molecular complexity index is 654. The van der Waals surface area contributed by atoms with Crippen LogP contribution in [0.2, 0.25) is 0 Å². The number of hydrogen-bond acceptors (Lipinski definition) is 3. The van der Waals surface area contributed by atoms with Gasteiger partial charge in [-0.15, -0.1) is 0 Å². The number of nitrogens with one attached hydrogen (secondary N) is 1. The van der Waals surface area contributed by atoms with Crippen molar-refractivity contribution in [1.82, 2.24) is 15.4 Å². The largest absolute Gasteiger partial charge is 0.359 e. The molecule has 0 fully saturated rings. The molecule has 6 heteroatoms. The molecule has 0 saturated heterocycles. The topological polar surface area (TPSA) is 53.7 Å². The highest BCUT2D eigenvalue weighted by Gasteiger charge is 2.09. The fraction of sp³-hybridized carbons (Fsp3) is 0.412. The molecule has 1 N–H and O–H groups in total. The lowest BCUT2D eigenvalue weighted by Crippen LogP contribution is -2.38. The van der Waals surface area contributed by atoms with Crippen LogP contribution in [-0.2, 0) is 19.5 Å². The third-order valence-corrected chi connectivity index (χ3v) is 4.19.